The summed E-state index contributed by atoms with van der Waals surface area (Å²) in [5.41, 5.74) is 4.85. The van der Waals surface area contributed by atoms with Crippen LogP contribution in [0.5, 0.6) is 5.75 Å². The van der Waals surface area contributed by atoms with Gasteiger partial charge in [0, 0.05) is 11.6 Å². The molecule has 0 saturated carbocycles. The van der Waals surface area contributed by atoms with Crippen molar-refractivity contribution in [1.29, 1.82) is 0 Å². The van der Waals surface area contributed by atoms with E-state index < -0.39 is 0 Å². The maximum Gasteiger partial charge on any atom is 0.131 e. The highest BCUT2D eigenvalue weighted by molar-refractivity contribution is 5.85. The summed E-state index contributed by atoms with van der Waals surface area (Å²) in [6.07, 6.45) is 1.70. The lowest BCUT2D eigenvalue weighted by Gasteiger charge is -2.34. The lowest BCUT2D eigenvalue weighted by Crippen LogP contribution is -2.33. The van der Waals surface area contributed by atoms with Gasteiger partial charge in [0.1, 0.15) is 11.6 Å². The van der Waals surface area contributed by atoms with Gasteiger partial charge in [-0.2, -0.15) is 0 Å². The predicted octanol–water partition coefficient (Wildman–Crippen LogP) is 3.36. The quantitative estimate of drug-likeness (QED) is 0.780. The van der Waals surface area contributed by atoms with Gasteiger partial charge >= 0.3 is 0 Å². The summed E-state index contributed by atoms with van der Waals surface area (Å²) >= 11 is 0. The first-order valence-corrected chi connectivity index (χ1v) is 6.61. The molecule has 4 heteroatoms. The van der Waals surface area contributed by atoms with Gasteiger partial charge in [-0.25, -0.2) is 4.39 Å². The summed E-state index contributed by atoms with van der Waals surface area (Å²) in [7, 11) is 0. The highest BCUT2D eigenvalue weighted by atomic mass is 35.5. The van der Waals surface area contributed by atoms with Crippen LogP contribution in [0.25, 0.3) is 11.1 Å². The van der Waals surface area contributed by atoms with Crippen LogP contribution < -0.4 is 5.32 Å². The van der Waals surface area contributed by atoms with Crippen LogP contribution in [0.1, 0.15) is 22.7 Å². The molecule has 0 saturated heterocycles. The Kier molecular flexibility index (Phi) is 3.19. The fraction of sp³-hybridized carbons (Fsp3) is 0.250. The number of rotatable bonds is 0. The number of benzene rings is 2. The highest BCUT2D eigenvalue weighted by Gasteiger charge is 2.31. The van der Waals surface area contributed by atoms with E-state index in [0.29, 0.717) is 5.56 Å². The fourth-order valence-corrected chi connectivity index (χ4v) is 3.44. The third-order valence-electron chi connectivity index (χ3n) is 4.18. The molecule has 2 aromatic carbocycles. The number of halogens is 2. The number of hydrogen-bond acceptors (Lipinski definition) is 2. The Morgan fingerprint density at radius 2 is 2.05 bits per heavy atom. The summed E-state index contributed by atoms with van der Waals surface area (Å²) in [5.74, 6) is 0.0276. The first-order valence-electron chi connectivity index (χ1n) is 6.61. The molecule has 1 unspecified atom stereocenters. The molecule has 0 radical (unpaired) electrons. The van der Waals surface area contributed by atoms with Crippen LogP contribution in [0, 0.1) is 5.82 Å². The Morgan fingerprint density at radius 1 is 1.20 bits per heavy atom. The van der Waals surface area contributed by atoms with Crippen LogP contribution >= 0.6 is 12.4 Å². The minimum atomic E-state index is -0.200. The van der Waals surface area contributed by atoms with Gasteiger partial charge < -0.3 is 10.4 Å². The Hall–Kier alpha value is -1.58. The third-order valence-corrected chi connectivity index (χ3v) is 4.18. The van der Waals surface area contributed by atoms with Gasteiger partial charge in [0.05, 0.1) is 0 Å². The van der Waals surface area contributed by atoms with Crippen molar-refractivity contribution in [3.63, 3.8) is 0 Å². The normalized spacial score (nSPS) is 18.8. The number of phenolic OH excluding ortho intramolecular Hbond substituents is 1. The fourth-order valence-electron chi connectivity index (χ4n) is 3.44. The van der Waals surface area contributed by atoms with Crippen molar-refractivity contribution in [2.45, 2.75) is 18.9 Å². The van der Waals surface area contributed by atoms with Crippen molar-refractivity contribution in [2.75, 3.05) is 6.54 Å². The minimum Gasteiger partial charge on any atom is -0.508 e. The highest BCUT2D eigenvalue weighted by Crippen LogP contribution is 2.44. The van der Waals surface area contributed by atoms with Crippen molar-refractivity contribution in [3.05, 3.63) is 52.8 Å². The maximum atomic E-state index is 14.2. The lowest BCUT2D eigenvalue weighted by molar-refractivity contribution is 0.465. The Morgan fingerprint density at radius 3 is 2.90 bits per heavy atom. The van der Waals surface area contributed by atoms with E-state index in [2.05, 4.69) is 5.32 Å². The van der Waals surface area contributed by atoms with Crippen LogP contribution in [0.3, 0.4) is 0 Å². The summed E-state index contributed by atoms with van der Waals surface area (Å²) < 4.78 is 14.2. The molecule has 2 nitrogen and oxygen atoms in total. The van der Waals surface area contributed by atoms with E-state index in [9.17, 15) is 9.50 Å². The van der Waals surface area contributed by atoms with Gasteiger partial charge in [0.15, 0.2) is 0 Å². The predicted molar refractivity (Wildman–Crippen MR) is 78.9 cm³/mol. The van der Waals surface area contributed by atoms with Crippen LogP contribution in [0.15, 0.2) is 30.3 Å². The molecule has 0 fully saturated rings. The number of hydrogen-bond donors (Lipinski definition) is 2. The van der Waals surface area contributed by atoms with Gasteiger partial charge in [-0.3, -0.25) is 0 Å². The zero-order valence-corrected chi connectivity index (χ0v) is 11.6. The van der Waals surface area contributed by atoms with Gasteiger partial charge in [0.25, 0.3) is 0 Å². The maximum absolute atomic E-state index is 14.2. The smallest absolute Gasteiger partial charge is 0.131 e. The van der Waals surface area contributed by atoms with E-state index in [4.69, 9.17) is 0 Å². The lowest BCUT2D eigenvalue weighted by atomic mass is 9.78. The van der Waals surface area contributed by atoms with Crippen LogP contribution in [-0.4, -0.2) is 11.7 Å². The van der Waals surface area contributed by atoms with Gasteiger partial charge in [-0.15, -0.1) is 12.4 Å². The zero-order chi connectivity index (χ0) is 13.0. The summed E-state index contributed by atoms with van der Waals surface area (Å²) in [4.78, 5) is 0. The largest absolute Gasteiger partial charge is 0.508 e. The second-order valence-corrected chi connectivity index (χ2v) is 5.30. The molecule has 0 aromatic heterocycles. The second kappa shape index (κ2) is 4.76. The Balaban J connectivity index is 0.00000121. The van der Waals surface area contributed by atoms with E-state index in [1.165, 1.54) is 11.6 Å². The SMILES string of the molecule is Cl.Oc1cc2c3c(c1)-c1c(F)cccc1CC3NCC2. The number of nitrogens with one attached hydrogen (secondary N) is 1. The van der Waals surface area contributed by atoms with Gasteiger partial charge in [-0.05, 0) is 59.8 Å². The molecule has 4 rings (SSSR count). The first-order chi connectivity index (χ1) is 9.24. The van der Waals surface area contributed by atoms with E-state index in [1.54, 1.807) is 12.1 Å². The molecule has 1 atom stereocenters. The number of phenols is 1. The average Bonchev–Trinajstić information content (AvgIpc) is 2.38. The zero-order valence-electron chi connectivity index (χ0n) is 10.8. The Labute approximate surface area is 123 Å². The molecule has 0 bridgehead atoms. The average molecular weight is 292 g/mol. The van der Waals surface area contributed by atoms with Crippen molar-refractivity contribution >= 4 is 12.4 Å². The van der Waals surface area contributed by atoms with Crippen LogP contribution in [0.4, 0.5) is 4.39 Å². The molecule has 1 aliphatic carbocycles. The van der Waals surface area contributed by atoms with Gasteiger partial charge in [0.2, 0.25) is 0 Å². The minimum absolute atomic E-state index is 0. The van der Waals surface area contributed by atoms with Crippen LogP contribution in [-0.2, 0) is 12.8 Å². The third kappa shape index (κ3) is 1.81. The summed E-state index contributed by atoms with van der Waals surface area (Å²) in [6, 6.07) is 8.98. The molecule has 104 valence electrons. The molecular weight excluding hydrogens is 277 g/mol. The van der Waals surface area contributed by atoms with E-state index in [-0.39, 0.29) is 30.0 Å². The Bertz CT molecular complexity index is 686. The molecule has 20 heavy (non-hydrogen) atoms. The van der Waals surface area contributed by atoms with E-state index >= 15 is 0 Å². The molecule has 1 heterocycles. The van der Waals surface area contributed by atoms with E-state index in [1.807, 2.05) is 12.1 Å². The number of aromatic hydroxyl groups is 1. The molecule has 1 aliphatic heterocycles. The molecule has 0 spiro atoms. The van der Waals surface area contributed by atoms with Crippen molar-refractivity contribution in [3.8, 4) is 16.9 Å². The number of fused-ring (bicyclic) bond motifs is 2. The monoisotopic (exact) mass is 291 g/mol. The molecule has 0 amide bonds. The molecule has 2 aliphatic rings. The standard InChI is InChI=1S/C16H14FNO.ClH/c17-13-3-1-2-9-7-14-16-10(4-5-18-14)6-11(19)8-12(16)15(9)13;/h1-3,6,8,14,18-19H,4-5,7H2;1H. The van der Waals surface area contributed by atoms with Crippen molar-refractivity contribution < 1.29 is 9.50 Å². The molecular formula is C16H15ClFNO. The van der Waals surface area contributed by atoms with Crippen molar-refractivity contribution in [2.24, 2.45) is 0 Å². The summed E-state index contributed by atoms with van der Waals surface area (Å²) in [5, 5.41) is 13.4. The first kappa shape index (κ1) is 13.4. The van der Waals surface area contributed by atoms with Gasteiger partial charge in [-0.1, -0.05) is 12.1 Å². The van der Waals surface area contributed by atoms with E-state index in [0.717, 1.165) is 36.1 Å². The second-order valence-electron chi connectivity index (χ2n) is 5.30. The van der Waals surface area contributed by atoms with Crippen LogP contribution in [0.2, 0.25) is 0 Å². The molecule has 2 aromatic rings. The molecule has 2 N–H and O–H groups in total. The topological polar surface area (TPSA) is 32.3 Å². The van der Waals surface area contributed by atoms with Crippen molar-refractivity contribution in [1.82, 2.24) is 5.32 Å². The summed E-state index contributed by atoms with van der Waals surface area (Å²) in [6.45, 7) is 0.908.